The number of benzene rings is 2. The molecule has 0 bridgehead atoms. The summed E-state index contributed by atoms with van der Waals surface area (Å²) in [6.07, 6.45) is 0.404. The SMILES string of the molecule is COc1ccccc1-n1c(O)c(C2=Nc3ccccc3SC(c3sccc3C)C2)c(=O)[nH]c1=O. The molecule has 1 aliphatic rings. The Morgan fingerprint density at radius 3 is 2.65 bits per heavy atom. The molecular weight excluding hydrogens is 470 g/mol. The molecule has 1 unspecified atom stereocenters. The highest BCUT2D eigenvalue weighted by atomic mass is 32.2. The number of rotatable bonds is 4. The minimum atomic E-state index is -0.759. The van der Waals surface area contributed by atoms with Crippen LogP contribution in [0.5, 0.6) is 11.6 Å². The van der Waals surface area contributed by atoms with Crippen molar-refractivity contribution in [3.63, 3.8) is 0 Å². The third-order valence-corrected chi connectivity index (χ3v) is 8.23. The third kappa shape index (κ3) is 3.86. The van der Waals surface area contributed by atoms with Gasteiger partial charge in [0, 0.05) is 21.4 Å². The molecule has 7 nitrogen and oxygen atoms in total. The largest absolute Gasteiger partial charge is 0.495 e. The number of aromatic nitrogens is 2. The first-order valence-corrected chi connectivity index (χ1v) is 12.3. The van der Waals surface area contributed by atoms with E-state index >= 15 is 0 Å². The molecule has 0 saturated carbocycles. The lowest BCUT2D eigenvalue weighted by Crippen LogP contribution is -2.33. The summed E-state index contributed by atoms with van der Waals surface area (Å²) in [5.41, 5.74) is 1.15. The van der Waals surface area contributed by atoms with Gasteiger partial charge in [0.2, 0.25) is 5.88 Å². The van der Waals surface area contributed by atoms with Gasteiger partial charge >= 0.3 is 5.69 Å². The van der Waals surface area contributed by atoms with Crippen molar-refractivity contribution in [2.75, 3.05) is 7.11 Å². The van der Waals surface area contributed by atoms with E-state index in [-0.39, 0.29) is 10.8 Å². The number of aliphatic imine (C=N–C) groups is 1. The normalized spacial score (nSPS) is 15.4. The van der Waals surface area contributed by atoms with Crippen molar-refractivity contribution in [3.05, 3.63) is 96.8 Å². The Bertz CT molecular complexity index is 1530. The second kappa shape index (κ2) is 9.00. The number of H-pyrrole nitrogens is 1. The molecule has 4 aromatic rings. The number of methoxy groups -OCH3 is 1. The van der Waals surface area contributed by atoms with Crippen LogP contribution in [0.15, 0.2) is 79.5 Å². The second-order valence-electron chi connectivity index (χ2n) is 7.77. The van der Waals surface area contributed by atoms with Crippen LogP contribution in [-0.2, 0) is 0 Å². The van der Waals surface area contributed by atoms with Crippen LogP contribution in [0.2, 0.25) is 0 Å². The molecule has 2 aromatic carbocycles. The zero-order valence-corrected chi connectivity index (χ0v) is 20.1. The first kappa shape index (κ1) is 22.2. The van der Waals surface area contributed by atoms with Crippen LogP contribution in [0.1, 0.15) is 27.7 Å². The van der Waals surface area contributed by atoms with Gasteiger partial charge in [-0.2, -0.15) is 0 Å². The zero-order chi connectivity index (χ0) is 23.8. The van der Waals surface area contributed by atoms with E-state index < -0.39 is 17.1 Å². The van der Waals surface area contributed by atoms with Gasteiger partial charge in [-0.15, -0.1) is 23.1 Å². The average Bonchev–Trinajstić information content (AvgIpc) is 3.16. The van der Waals surface area contributed by atoms with Crippen LogP contribution in [0.4, 0.5) is 5.69 Å². The predicted molar refractivity (Wildman–Crippen MR) is 136 cm³/mol. The van der Waals surface area contributed by atoms with Crippen LogP contribution < -0.4 is 16.0 Å². The highest BCUT2D eigenvalue weighted by Crippen LogP contribution is 2.47. The van der Waals surface area contributed by atoms with E-state index in [9.17, 15) is 14.7 Å². The van der Waals surface area contributed by atoms with E-state index in [2.05, 4.69) is 18.0 Å². The molecule has 0 radical (unpaired) electrons. The molecule has 2 N–H and O–H groups in total. The Morgan fingerprint density at radius 2 is 1.88 bits per heavy atom. The standard InChI is InChI=1S/C25H21N3O4S2/c1-14-11-12-33-22(14)20-13-16(26-15-7-3-6-10-19(15)34-20)21-23(29)27-25(31)28(24(21)30)17-8-4-5-9-18(17)32-2/h3-12,20,30H,13H2,1-2H3,(H,27,29,31). The van der Waals surface area contributed by atoms with Crippen LogP contribution in [-0.4, -0.2) is 27.5 Å². The smallest absolute Gasteiger partial charge is 0.335 e. The van der Waals surface area contributed by atoms with Crippen molar-refractivity contribution in [3.8, 4) is 17.3 Å². The molecule has 5 rings (SSSR count). The monoisotopic (exact) mass is 491 g/mol. The predicted octanol–water partition coefficient (Wildman–Crippen LogP) is 4.97. The molecule has 0 spiro atoms. The average molecular weight is 492 g/mol. The summed E-state index contributed by atoms with van der Waals surface area (Å²) in [4.78, 5) is 35.1. The van der Waals surface area contributed by atoms with Crippen molar-refractivity contribution in [1.29, 1.82) is 0 Å². The number of aromatic hydroxyl groups is 1. The molecule has 0 amide bonds. The van der Waals surface area contributed by atoms with E-state index in [1.807, 2.05) is 29.6 Å². The highest BCUT2D eigenvalue weighted by molar-refractivity contribution is 7.99. The van der Waals surface area contributed by atoms with Crippen molar-refractivity contribution in [2.45, 2.75) is 23.5 Å². The Labute approximate surface area is 203 Å². The maximum Gasteiger partial charge on any atom is 0.335 e. The highest BCUT2D eigenvalue weighted by Gasteiger charge is 2.29. The number of aromatic amines is 1. The lowest BCUT2D eigenvalue weighted by atomic mass is 10.0. The quantitative estimate of drug-likeness (QED) is 0.420. The van der Waals surface area contributed by atoms with Gasteiger partial charge in [-0.05, 0) is 48.2 Å². The molecule has 1 aliphatic heterocycles. The van der Waals surface area contributed by atoms with Crippen molar-refractivity contribution >= 4 is 34.5 Å². The molecule has 1 atom stereocenters. The maximum atomic E-state index is 13.0. The van der Waals surface area contributed by atoms with E-state index in [1.54, 1.807) is 47.4 Å². The Kier molecular flexibility index (Phi) is 5.89. The number of fused-ring (bicyclic) bond motifs is 1. The molecule has 34 heavy (non-hydrogen) atoms. The summed E-state index contributed by atoms with van der Waals surface area (Å²) in [6, 6.07) is 16.6. The molecule has 9 heteroatoms. The van der Waals surface area contributed by atoms with Gasteiger partial charge in [0.25, 0.3) is 5.56 Å². The molecule has 2 aromatic heterocycles. The molecular formula is C25H21N3O4S2. The molecule has 3 heterocycles. The summed E-state index contributed by atoms with van der Waals surface area (Å²) >= 11 is 3.34. The molecule has 0 saturated heterocycles. The number of aryl methyl sites for hydroxylation is 1. The number of para-hydroxylation sites is 3. The number of hydrogen-bond acceptors (Lipinski definition) is 7. The molecule has 172 valence electrons. The van der Waals surface area contributed by atoms with E-state index in [4.69, 9.17) is 9.73 Å². The maximum absolute atomic E-state index is 13.0. The van der Waals surface area contributed by atoms with E-state index in [0.717, 1.165) is 9.46 Å². The van der Waals surface area contributed by atoms with Crippen LogP contribution in [0.3, 0.4) is 0 Å². The summed E-state index contributed by atoms with van der Waals surface area (Å²) in [5.74, 6) is -0.0864. The lowest BCUT2D eigenvalue weighted by Gasteiger charge is -2.17. The van der Waals surface area contributed by atoms with Crippen LogP contribution in [0.25, 0.3) is 5.69 Å². The van der Waals surface area contributed by atoms with Crippen molar-refractivity contribution < 1.29 is 9.84 Å². The summed E-state index contributed by atoms with van der Waals surface area (Å²) < 4.78 is 6.42. The first-order valence-electron chi connectivity index (χ1n) is 10.6. The summed E-state index contributed by atoms with van der Waals surface area (Å²) in [5, 5.41) is 13.3. The van der Waals surface area contributed by atoms with E-state index in [0.29, 0.717) is 29.3 Å². The van der Waals surface area contributed by atoms with Crippen LogP contribution in [0, 0.1) is 6.92 Å². The topological polar surface area (TPSA) is 96.7 Å². The number of nitrogens with one attached hydrogen (secondary N) is 1. The molecule has 0 aliphatic carbocycles. The number of hydrogen-bond donors (Lipinski definition) is 2. The fourth-order valence-electron chi connectivity index (χ4n) is 4.05. The minimum absolute atomic E-state index is 0.00663. The van der Waals surface area contributed by atoms with Gasteiger partial charge in [0.15, 0.2) is 0 Å². The Morgan fingerprint density at radius 1 is 1.12 bits per heavy atom. The van der Waals surface area contributed by atoms with E-state index in [1.165, 1.54) is 17.6 Å². The number of nitrogens with zero attached hydrogens (tertiary/aromatic N) is 2. The zero-order valence-electron chi connectivity index (χ0n) is 18.4. The van der Waals surface area contributed by atoms with Gasteiger partial charge in [0.05, 0.1) is 24.2 Å². The van der Waals surface area contributed by atoms with Gasteiger partial charge in [-0.1, -0.05) is 24.3 Å². The number of ether oxygens (including phenoxy) is 1. The first-order chi connectivity index (χ1) is 16.5. The third-order valence-electron chi connectivity index (χ3n) is 5.66. The van der Waals surface area contributed by atoms with Gasteiger partial charge in [-0.3, -0.25) is 14.8 Å². The number of thioether (sulfide) groups is 1. The Hall–Kier alpha value is -3.56. The van der Waals surface area contributed by atoms with Crippen molar-refractivity contribution in [2.24, 2.45) is 4.99 Å². The fraction of sp³-hybridized carbons (Fsp3) is 0.160. The van der Waals surface area contributed by atoms with Gasteiger partial charge in [0.1, 0.15) is 11.3 Å². The Balaban J connectivity index is 1.74. The minimum Gasteiger partial charge on any atom is -0.495 e. The van der Waals surface area contributed by atoms with Crippen molar-refractivity contribution in [1.82, 2.24) is 9.55 Å². The fourth-order valence-corrected chi connectivity index (χ4v) is 6.50. The summed E-state index contributed by atoms with van der Waals surface area (Å²) in [6.45, 7) is 2.06. The van der Waals surface area contributed by atoms with Gasteiger partial charge in [-0.25, -0.2) is 9.36 Å². The second-order valence-corrected chi connectivity index (χ2v) is 9.96. The van der Waals surface area contributed by atoms with Crippen LogP contribution >= 0.6 is 23.1 Å². The molecule has 0 fully saturated rings. The summed E-state index contributed by atoms with van der Waals surface area (Å²) in [7, 11) is 1.48. The van der Waals surface area contributed by atoms with Gasteiger partial charge < -0.3 is 9.84 Å². The number of thiophene rings is 1. The lowest BCUT2D eigenvalue weighted by molar-refractivity contribution is 0.401.